The van der Waals surface area contributed by atoms with Gasteiger partial charge in [0.2, 0.25) is 0 Å². The van der Waals surface area contributed by atoms with E-state index in [0.717, 1.165) is 5.70 Å². The van der Waals surface area contributed by atoms with Gasteiger partial charge in [0.25, 0.3) is 0 Å². The van der Waals surface area contributed by atoms with Crippen molar-refractivity contribution in [1.29, 1.82) is 0 Å². The molecule has 0 atom stereocenters. The Bertz CT molecular complexity index is 149. The van der Waals surface area contributed by atoms with Crippen molar-refractivity contribution in [3.63, 3.8) is 0 Å². The quantitative estimate of drug-likeness (QED) is 0.427. The minimum atomic E-state index is 0. The van der Waals surface area contributed by atoms with Crippen LogP contribution in [0.1, 0.15) is 41.5 Å². The third-order valence-electron chi connectivity index (χ3n) is 1.20. The maximum absolute atomic E-state index is 4.29. The molecular formula is C12H26N2Zn. The molecule has 0 unspecified atom stereocenters. The molecule has 86 valence electrons. The molecule has 0 N–H and O–H groups in total. The van der Waals surface area contributed by atoms with Crippen molar-refractivity contribution in [2.24, 2.45) is 5.92 Å². The summed E-state index contributed by atoms with van der Waals surface area (Å²) in [5.74, 6) is 1.94. The third-order valence-corrected chi connectivity index (χ3v) is 1.20. The van der Waals surface area contributed by atoms with Gasteiger partial charge in [-0.05, 0) is 26.9 Å². The smallest absolute Gasteiger partial charge is 0.624 e. The number of rotatable bonds is 3. The molecule has 0 heterocycles. The van der Waals surface area contributed by atoms with Gasteiger partial charge in [0.15, 0.2) is 0 Å². The minimum absolute atomic E-state index is 0. The molecule has 0 spiro atoms. The van der Waals surface area contributed by atoms with Crippen LogP contribution in [0, 0.1) is 11.8 Å². The van der Waals surface area contributed by atoms with E-state index in [1.165, 1.54) is 5.92 Å². The van der Waals surface area contributed by atoms with Crippen LogP contribution in [-0.4, -0.2) is 19.1 Å². The van der Waals surface area contributed by atoms with Crippen molar-refractivity contribution < 1.29 is 19.5 Å². The molecule has 0 aromatic heterocycles. The van der Waals surface area contributed by atoms with Crippen molar-refractivity contribution in [1.82, 2.24) is 5.01 Å². The van der Waals surface area contributed by atoms with E-state index in [9.17, 15) is 0 Å². The molecule has 0 aromatic carbocycles. The molecule has 0 radical (unpaired) electrons. The summed E-state index contributed by atoms with van der Waals surface area (Å²) in [6, 6.07) is 0. The predicted molar refractivity (Wildman–Crippen MR) is 65.9 cm³/mol. The van der Waals surface area contributed by atoms with Crippen LogP contribution in [0.5, 0.6) is 0 Å². The largest absolute Gasteiger partial charge is 2.00 e. The van der Waals surface area contributed by atoms with Gasteiger partial charge in [0.1, 0.15) is 0 Å². The molecule has 15 heavy (non-hydrogen) atoms. The average molecular weight is 264 g/mol. The van der Waals surface area contributed by atoms with Crippen molar-refractivity contribution in [2.75, 3.05) is 14.1 Å². The first-order chi connectivity index (χ1) is 6.31. The normalized spacial score (nSPS) is 11.0. The Kier molecular flexibility index (Phi) is 16.7. The van der Waals surface area contributed by atoms with Gasteiger partial charge in [-0.25, -0.2) is 0 Å². The summed E-state index contributed by atoms with van der Waals surface area (Å²) in [5.41, 5.74) is 5.43. The number of hydrogen-bond acceptors (Lipinski definition) is 1. The first-order valence-electron chi connectivity index (χ1n) is 5.13. The van der Waals surface area contributed by atoms with Crippen LogP contribution in [-0.2, 0) is 19.5 Å². The maximum Gasteiger partial charge on any atom is 2.00 e. The van der Waals surface area contributed by atoms with E-state index >= 15 is 0 Å². The van der Waals surface area contributed by atoms with Crippen molar-refractivity contribution in [3.8, 4) is 0 Å². The molecule has 3 heteroatoms. The van der Waals surface area contributed by atoms with Crippen LogP contribution in [0.15, 0.2) is 11.8 Å². The van der Waals surface area contributed by atoms with Gasteiger partial charge in [-0.15, -0.1) is 6.08 Å². The van der Waals surface area contributed by atoms with E-state index < -0.39 is 0 Å². The Labute approximate surface area is 109 Å². The SMILES string of the molecule is C/C=C(/[N-]N(C)C)C(C)C.C[C-](C)C.[Zn+2]. The van der Waals surface area contributed by atoms with Gasteiger partial charge in [0, 0.05) is 0 Å². The molecule has 0 bridgehead atoms. The van der Waals surface area contributed by atoms with Crippen molar-refractivity contribution in [3.05, 3.63) is 23.1 Å². The first kappa shape index (κ1) is 20.5. The summed E-state index contributed by atoms with van der Waals surface area (Å²) in [6.45, 7) is 12.5. The molecule has 0 aliphatic rings. The Balaban J connectivity index is -0.000000249. The Morgan fingerprint density at radius 1 is 1.20 bits per heavy atom. The molecule has 0 aliphatic heterocycles. The van der Waals surface area contributed by atoms with Gasteiger partial charge in [-0.3, -0.25) is 0 Å². The molecule has 0 fully saturated rings. The van der Waals surface area contributed by atoms with Gasteiger partial charge < -0.3 is 16.4 Å². The summed E-state index contributed by atoms with van der Waals surface area (Å²) in [5, 5.41) is 1.83. The molecule has 0 aliphatic carbocycles. The molecule has 0 aromatic rings. The Morgan fingerprint density at radius 2 is 1.53 bits per heavy atom. The fourth-order valence-electron chi connectivity index (χ4n) is 0.737. The fraction of sp³-hybridized carbons (Fsp3) is 0.750. The van der Waals surface area contributed by atoms with Gasteiger partial charge in [0.05, 0.1) is 0 Å². The van der Waals surface area contributed by atoms with Crippen LogP contribution in [0.3, 0.4) is 0 Å². The second kappa shape index (κ2) is 12.2. The third kappa shape index (κ3) is 20.3. The maximum atomic E-state index is 4.29. The Morgan fingerprint density at radius 3 is 1.60 bits per heavy atom. The standard InChI is InChI=1S/C8H17N2.C4H9.Zn/c1-6-8(7(2)3)9-10(4)5;1-4(2)3;/h6-7H,1-5H3;1-3H3;/q2*-1;+2/b8-6+;;. The summed E-state index contributed by atoms with van der Waals surface area (Å²) >= 11 is 0. The molecule has 2 nitrogen and oxygen atoms in total. The van der Waals surface area contributed by atoms with E-state index in [1.807, 2.05) is 32.1 Å². The molecule has 0 amide bonds. The Hall–Kier alpha value is 0.123. The number of nitrogens with zero attached hydrogens (tertiary/aromatic N) is 2. The van der Waals surface area contributed by atoms with E-state index in [0.29, 0.717) is 5.92 Å². The zero-order chi connectivity index (χ0) is 11.7. The minimum Gasteiger partial charge on any atom is -0.624 e. The van der Waals surface area contributed by atoms with E-state index in [1.54, 1.807) is 0 Å². The van der Waals surface area contributed by atoms with Crippen molar-refractivity contribution in [2.45, 2.75) is 41.5 Å². The summed E-state index contributed by atoms with van der Waals surface area (Å²) in [4.78, 5) is 0. The van der Waals surface area contributed by atoms with Crippen molar-refractivity contribution >= 4 is 0 Å². The van der Waals surface area contributed by atoms with Crippen LogP contribution < -0.4 is 0 Å². The van der Waals surface area contributed by atoms with Gasteiger partial charge >= 0.3 is 19.5 Å². The summed E-state index contributed by atoms with van der Waals surface area (Å²) in [7, 11) is 3.87. The number of allylic oxidation sites excluding steroid dienone is 2. The zero-order valence-corrected chi connectivity index (χ0v) is 14.7. The summed E-state index contributed by atoms with van der Waals surface area (Å²) in [6.07, 6.45) is 2.05. The zero-order valence-electron chi connectivity index (χ0n) is 11.8. The molecule has 0 rings (SSSR count). The van der Waals surface area contributed by atoms with Crippen LogP contribution in [0.2, 0.25) is 0 Å². The average Bonchev–Trinajstić information content (AvgIpc) is 1.98. The van der Waals surface area contributed by atoms with Crippen LogP contribution in [0.25, 0.3) is 5.43 Å². The van der Waals surface area contributed by atoms with E-state index in [4.69, 9.17) is 0 Å². The topological polar surface area (TPSA) is 17.3 Å². The van der Waals surface area contributed by atoms with Crippen LogP contribution >= 0.6 is 0 Å². The molecule has 0 saturated carbocycles. The molecule has 0 saturated heterocycles. The second-order valence-corrected chi connectivity index (χ2v) is 4.32. The van der Waals surface area contributed by atoms with E-state index in [2.05, 4.69) is 40.0 Å². The van der Waals surface area contributed by atoms with Gasteiger partial charge in [-0.2, -0.15) is 26.5 Å². The second-order valence-electron chi connectivity index (χ2n) is 4.32. The fourth-order valence-corrected chi connectivity index (χ4v) is 0.737. The summed E-state index contributed by atoms with van der Waals surface area (Å²) < 4.78 is 0. The first-order valence-corrected chi connectivity index (χ1v) is 5.13. The molecular weight excluding hydrogens is 238 g/mol. The predicted octanol–water partition coefficient (Wildman–Crippen LogP) is 4.01. The van der Waals surface area contributed by atoms with E-state index in [-0.39, 0.29) is 19.5 Å². The van der Waals surface area contributed by atoms with Crippen LogP contribution in [0.4, 0.5) is 0 Å². The monoisotopic (exact) mass is 262 g/mol. The van der Waals surface area contributed by atoms with Gasteiger partial charge in [-0.1, -0.05) is 13.8 Å². The number of hydrogen-bond donors (Lipinski definition) is 0.